The van der Waals surface area contributed by atoms with Crippen LogP contribution in [0.5, 0.6) is 11.5 Å². The van der Waals surface area contributed by atoms with Crippen LogP contribution < -0.4 is 10.5 Å². The first-order valence-electron chi connectivity index (χ1n) is 6.35. The Labute approximate surface area is 123 Å². The van der Waals surface area contributed by atoms with Gasteiger partial charge in [-0.3, -0.25) is 0 Å². The van der Waals surface area contributed by atoms with Crippen molar-refractivity contribution >= 4 is 17.3 Å². The molecule has 0 fully saturated rings. The first kappa shape index (κ1) is 14.2. The van der Waals surface area contributed by atoms with Crippen LogP contribution in [0.25, 0.3) is 0 Å². The van der Waals surface area contributed by atoms with Crippen LogP contribution in [0.3, 0.4) is 0 Å². The average Bonchev–Trinajstić information content (AvgIpc) is 2.45. The van der Waals surface area contributed by atoms with Crippen molar-refractivity contribution in [1.82, 2.24) is 0 Å². The van der Waals surface area contributed by atoms with Gasteiger partial charge in [-0.2, -0.15) is 5.26 Å². The molecule has 0 amide bonds. The Morgan fingerprint density at radius 1 is 1.15 bits per heavy atom. The smallest absolute Gasteiger partial charge is 0.127 e. The number of nitrogens with zero attached hydrogens (tertiary/aromatic N) is 1. The molecule has 0 unspecified atom stereocenters. The van der Waals surface area contributed by atoms with Gasteiger partial charge in [0.25, 0.3) is 0 Å². The maximum absolute atomic E-state index is 8.76. The van der Waals surface area contributed by atoms with E-state index in [1.54, 1.807) is 18.2 Å². The Morgan fingerprint density at radius 2 is 1.80 bits per heavy atom. The summed E-state index contributed by atoms with van der Waals surface area (Å²) in [5.41, 5.74) is 8.22. The largest absolute Gasteiger partial charge is 0.457 e. The minimum absolute atomic E-state index is 0.268. The Morgan fingerprint density at radius 3 is 2.45 bits per heavy atom. The van der Waals surface area contributed by atoms with Gasteiger partial charge < -0.3 is 10.5 Å². The molecule has 0 aliphatic carbocycles. The molecule has 0 heterocycles. The zero-order valence-corrected chi connectivity index (χ0v) is 11.9. The maximum atomic E-state index is 8.76. The third-order valence-electron chi connectivity index (χ3n) is 3.02. The summed E-state index contributed by atoms with van der Waals surface area (Å²) in [6, 6.07) is 13.0. The van der Waals surface area contributed by atoms with Crippen LogP contribution in [-0.4, -0.2) is 0 Å². The molecule has 0 saturated carbocycles. The number of rotatable bonds is 4. The second-order valence-corrected chi connectivity index (χ2v) is 4.81. The predicted octanol–water partition coefficient (Wildman–Crippen LogP) is 4.34. The van der Waals surface area contributed by atoms with Gasteiger partial charge in [0, 0.05) is 10.7 Å². The standard InChI is InChI=1S/C16H15ClN2O/c1-2-11-9-13(3-5-15(11)17)20-14-4-6-16(19)12(10-14)7-8-18/h3-6,9-10H,2,7,19H2,1H3. The molecule has 3 nitrogen and oxygen atoms in total. The molecule has 20 heavy (non-hydrogen) atoms. The first-order chi connectivity index (χ1) is 9.63. The summed E-state index contributed by atoms with van der Waals surface area (Å²) in [6.45, 7) is 2.04. The van der Waals surface area contributed by atoms with E-state index in [1.807, 2.05) is 25.1 Å². The lowest BCUT2D eigenvalue weighted by atomic mass is 10.1. The van der Waals surface area contributed by atoms with Crippen LogP contribution in [-0.2, 0) is 12.8 Å². The van der Waals surface area contributed by atoms with Crippen LogP contribution in [0.1, 0.15) is 18.1 Å². The number of nitrogens with two attached hydrogens (primary N) is 1. The molecule has 2 N–H and O–H groups in total. The van der Waals surface area contributed by atoms with Gasteiger partial charge >= 0.3 is 0 Å². The molecule has 2 aromatic carbocycles. The lowest BCUT2D eigenvalue weighted by Gasteiger charge is -2.10. The van der Waals surface area contributed by atoms with Gasteiger partial charge in [0.1, 0.15) is 11.5 Å². The second-order valence-electron chi connectivity index (χ2n) is 4.40. The van der Waals surface area contributed by atoms with Gasteiger partial charge in [-0.05, 0) is 53.9 Å². The summed E-state index contributed by atoms with van der Waals surface area (Å²) in [5.74, 6) is 1.38. The van der Waals surface area contributed by atoms with Crippen molar-refractivity contribution in [3.8, 4) is 17.6 Å². The fraction of sp³-hybridized carbons (Fsp3) is 0.188. The Bertz CT molecular complexity index is 662. The van der Waals surface area contributed by atoms with E-state index in [-0.39, 0.29) is 6.42 Å². The molecule has 2 aromatic rings. The van der Waals surface area contributed by atoms with Crippen molar-refractivity contribution in [3.05, 3.63) is 52.5 Å². The molecular formula is C16H15ClN2O. The third-order valence-corrected chi connectivity index (χ3v) is 3.39. The topological polar surface area (TPSA) is 59.0 Å². The summed E-state index contributed by atoms with van der Waals surface area (Å²) in [6.07, 6.45) is 1.11. The summed E-state index contributed by atoms with van der Waals surface area (Å²) >= 11 is 6.08. The summed E-state index contributed by atoms with van der Waals surface area (Å²) in [4.78, 5) is 0. The lowest BCUT2D eigenvalue weighted by Crippen LogP contribution is -1.95. The van der Waals surface area contributed by atoms with Crippen molar-refractivity contribution in [2.24, 2.45) is 0 Å². The van der Waals surface area contributed by atoms with Gasteiger partial charge in [-0.1, -0.05) is 18.5 Å². The van der Waals surface area contributed by atoms with Crippen molar-refractivity contribution in [1.29, 1.82) is 5.26 Å². The highest BCUT2D eigenvalue weighted by Gasteiger charge is 2.05. The monoisotopic (exact) mass is 286 g/mol. The van der Waals surface area contributed by atoms with E-state index in [4.69, 9.17) is 27.3 Å². The SMILES string of the molecule is CCc1cc(Oc2ccc(N)c(CC#N)c2)ccc1Cl. The number of anilines is 1. The highest BCUT2D eigenvalue weighted by atomic mass is 35.5. The molecule has 4 heteroatoms. The van der Waals surface area contributed by atoms with Gasteiger partial charge in [-0.15, -0.1) is 0 Å². The molecule has 2 rings (SSSR count). The van der Waals surface area contributed by atoms with Crippen LogP contribution in [0, 0.1) is 11.3 Å². The number of hydrogen-bond acceptors (Lipinski definition) is 3. The molecular weight excluding hydrogens is 272 g/mol. The maximum Gasteiger partial charge on any atom is 0.127 e. The Balaban J connectivity index is 2.26. The van der Waals surface area contributed by atoms with Gasteiger partial charge in [0.2, 0.25) is 0 Å². The summed E-state index contributed by atoms with van der Waals surface area (Å²) < 4.78 is 5.79. The number of hydrogen-bond donors (Lipinski definition) is 1. The zero-order valence-electron chi connectivity index (χ0n) is 11.2. The van der Waals surface area contributed by atoms with Crippen molar-refractivity contribution in [2.75, 3.05) is 5.73 Å². The van der Waals surface area contributed by atoms with Crippen molar-refractivity contribution in [3.63, 3.8) is 0 Å². The van der Waals surface area contributed by atoms with Gasteiger partial charge in [0.15, 0.2) is 0 Å². The molecule has 0 radical (unpaired) electrons. The lowest BCUT2D eigenvalue weighted by molar-refractivity contribution is 0.481. The molecule has 0 bridgehead atoms. The third kappa shape index (κ3) is 3.23. The minimum atomic E-state index is 0.268. The number of halogens is 1. The van der Waals surface area contributed by atoms with Crippen LogP contribution in [0.4, 0.5) is 5.69 Å². The van der Waals surface area contributed by atoms with E-state index < -0.39 is 0 Å². The van der Waals surface area contributed by atoms with Crippen LogP contribution >= 0.6 is 11.6 Å². The highest BCUT2D eigenvalue weighted by molar-refractivity contribution is 6.31. The van der Waals surface area contributed by atoms with Crippen molar-refractivity contribution in [2.45, 2.75) is 19.8 Å². The number of ether oxygens (including phenoxy) is 1. The second kappa shape index (κ2) is 6.31. The molecule has 102 valence electrons. The Hall–Kier alpha value is -2.18. The van der Waals surface area contributed by atoms with Crippen molar-refractivity contribution < 1.29 is 4.74 Å². The fourth-order valence-electron chi connectivity index (χ4n) is 1.91. The van der Waals surface area contributed by atoms with Crippen LogP contribution in [0.2, 0.25) is 5.02 Å². The molecule has 0 aliphatic rings. The van der Waals surface area contributed by atoms with E-state index in [0.29, 0.717) is 11.4 Å². The highest BCUT2D eigenvalue weighted by Crippen LogP contribution is 2.28. The van der Waals surface area contributed by atoms with E-state index >= 15 is 0 Å². The molecule has 0 atom stereocenters. The number of nitriles is 1. The summed E-state index contributed by atoms with van der Waals surface area (Å²) in [7, 11) is 0. The van der Waals surface area contributed by atoms with E-state index in [2.05, 4.69) is 6.07 Å². The minimum Gasteiger partial charge on any atom is -0.457 e. The normalized spacial score (nSPS) is 10.1. The van der Waals surface area contributed by atoms with E-state index in [9.17, 15) is 0 Å². The Kier molecular flexibility index (Phi) is 4.49. The van der Waals surface area contributed by atoms with Gasteiger partial charge in [-0.25, -0.2) is 0 Å². The van der Waals surface area contributed by atoms with Gasteiger partial charge in [0.05, 0.1) is 12.5 Å². The predicted molar refractivity (Wildman–Crippen MR) is 81.1 cm³/mol. The molecule has 0 saturated heterocycles. The molecule has 0 spiro atoms. The molecule has 0 aromatic heterocycles. The number of benzene rings is 2. The quantitative estimate of drug-likeness (QED) is 0.850. The summed E-state index contributed by atoms with van der Waals surface area (Å²) in [5, 5.41) is 9.50. The van der Waals surface area contributed by atoms with E-state index in [0.717, 1.165) is 28.3 Å². The number of nitrogen functional groups attached to an aromatic ring is 1. The van der Waals surface area contributed by atoms with Crippen LogP contribution in [0.15, 0.2) is 36.4 Å². The number of aryl methyl sites for hydroxylation is 1. The molecule has 0 aliphatic heterocycles. The zero-order chi connectivity index (χ0) is 14.5. The average molecular weight is 287 g/mol. The fourth-order valence-corrected chi connectivity index (χ4v) is 2.16. The first-order valence-corrected chi connectivity index (χ1v) is 6.73. The van der Waals surface area contributed by atoms with E-state index in [1.165, 1.54) is 0 Å².